The average Bonchev–Trinajstić information content (AvgIpc) is 2.72. The van der Waals surface area contributed by atoms with E-state index in [1.54, 1.807) is 0 Å². The zero-order valence-corrected chi connectivity index (χ0v) is 17.7. The first-order valence-electron chi connectivity index (χ1n) is 10.5. The number of unbranched alkanes of at least 4 members (excludes halogenated alkanes) is 1. The van der Waals surface area contributed by atoms with E-state index in [-0.39, 0.29) is 5.91 Å². The lowest BCUT2D eigenvalue weighted by molar-refractivity contribution is -0.131. The van der Waals surface area contributed by atoms with Crippen LogP contribution in [-0.4, -0.2) is 47.0 Å². The van der Waals surface area contributed by atoms with Crippen LogP contribution in [0.3, 0.4) is 0 Å². The molecule has 0 bridgehead atoms. The van der Waals surface area contributed by atoms with E-state index in [0.717, 1.165) is 68.3 Å². The topological polar surface area (TPSA) is 49.3 Å². The van der Waals surface area contributed by atoms with Gasteiger partial charge in [-0.25, -0.2) is 9.97 Å². The van der Waals surface area contributed by atoms with Crippen LogP contribution in [0.1, 0.15) is 49.9 Å². The first-order chi connectivity index (χ1) is 13.5. The second kappa shape index (κ2) is 9.18. The van der Waals surface area contributed by atoms with Gasteiger partial charge in [0, 0.05) is 49.4 Å². The van der Waals surface area contributed by atoms with Crippen molar-refractivity contribution in [1.82, 2.24) is 14.9 Å². The standard InChI is InChI=1S/C23H32N4O/c1-5-7-8-21(28)26-13-15-27(16-14-26)23-20(6-2)18(4)24-22(25-23)19-11-9-17(3)10-12-19/h9-12H,5-8,13-16H2,1-4H3. The maximum atomic E-state index is 12.3. The van der Waals surface area contributed by atoms with Gasteiger partial charge in [-0.2, -0.15) is 0 Å². The molecule has 2 aromatic rings. The second-order valence-electron chi connectivity index (χ2n) is 7.63. The van der Waals surface area contributed by atoms with Crippen molar-refractivity contribution in [3.05, 3.63) is 41.1 Å². The summed E-state index contributed by atoms with van der Waals surface area (Å²) >= 11 is 0. The molecule has 28 heavy (non-hydrogen) atoms. The number of hydrogen-bond donors (Lipinski definition) is 0. The first-order valence-corrected chi connectivity index (χ1v) is 10.5. The number of amides is 1. The second-order valence-corrected chi connectivity index (χ2v) is 7.63. The molecule has 1 saturated heterocycles. The van der Waals surface area contributed by atoms with Gasteiger partial charge in [0.2, 0.25) is 5.91 Å². The van der Waals surface area contributed by atoms with E-state index in [9.17, 15) is 4.79 Å². The molecule has 1 fully saturated rings. The van der Waals surface area contributed by atoms with Crippen molar-refractivity contribution in [2.75, 3.05) is 31.1 Å². The number of hydrogen-bond acceptors (Lipinski definition) is 4. The van der Waals surface area contributed by atoms with E-state index < -0.39 is 0 Å². The third-order valence-corrected chi connectivity index (χ3v) is 5.53. The number of nitrogens with zero attached hydrogens (tertiary/aromatic N) is 4. The lowest BCUT2D eigenvalue weighted by Gasteiger charge is -2.36. The summed E-state index contributed by atoms with van der Waals surface area (Å²) in [5.74, 6) is 2.11. The highest BCUT2D eigenvalue weighted by molar-refractivity contribution is 5.76. The van der Waals surface area contributed by atoms with Gasteiger partial charge in [0.25, 0.3) is 0 Å². The van der Waals surface area contributed by atoms with Crippen molar-refractivity contribution in [3.8, 4) is 11.4 Å². The van der Waals surface area contributed by atoms with E-state index in [1.807, 2.05) is 4.90 Å². The van der Waals surface area contributed by atoms with Crippen molar-refractivity contribution in [2.24, 2.45) is 0 Å². The fourth-order valence-corrected chi connectivity index (χ4v) is 3.74. The van der Waals surface area contributed by atoms with Crippen LogP contribution >= 0.6 is 0 Å². The summed E-state index contributed by atoms with van der Waals surface area (Å²) in [4.78, 5) is 26.4. The van der Waals surface area contributed by atoms with Crippen LogP contribution < -0.4 is 4.90 Å². The summed E-state index contributed by atoms with van der Waals surface area (Å²) in [6.07, 6.45) is 3.61. The Morgan fingerprint density at radius 3 is 2.29 bits per heavy atom. The Kier molecular flexibility index (Phi) is 6.65. The monoisotopic (exact) mass is 380 g/mol. The SMILES string of the molecule is CCCCC(=O)N1CCN(c2nc(-c3ccc(C)cc3)nc(C)c2CC)CC1. The molecule has 0 unspecified atom stereocenters. The molecule has 0 spiro atoms. The zero-order chi connectivity index (χ0) is 20.1. The molecule has 5 heteroatoms. The van der Waals surface area contributed by atoms with Gasteiger partial charge in [0.15, 0.2) is 5.82 Å². The molecule has 0 radical (unpaired) electrons. The van der Waals surface area contributed by atoms with E-state index in [1.165, 1.54) is 11.1 Å². The largest absolute Gasteiger partial charge is 0.353 e. The van der Waals surface area contributed by atoms with Crippen LogP contribution in [0.2, 0.25) is 0 Å². The molecule has 1 aromatic heterocycles. The number of aryl methyl sites for hydroxylation is 2. The lowest BCUT2D eigenvalue weighted by Crippen LogP contribution is -2.49. The van der Waals surface area contributed by atoms with Crippen LogP contribution in [0.25, 0.3) is 11.4 Å². The summed E-state index contributed by atoms with van der Waals surface area (Å²) in [6.45, 7) is 11.6. The van der Waals surface area contributed by atoms with Crippen LogP contribution in [0.15, 0.2) is 24.3 Å². The number of carbonyl (C=O) groups is 1. The van der Waals surface area contributed by atoms with Crippen molar-refractivity contribution in [3.63, 3.8) is 0 Å². The Morgan fingerprint density at radius 1 is 1.00 bits per heavy atom. The predicted molar refractivity (Wildman–Crippen MR) is 115 cm³/mol. The summed E-state index contributed by atoms with van der Waals surface area (Å²) < 4.78 is 0. The Bertz CT molecular complexity index is 808. The average molecular weight is 381 g/mol. The highest BCUT2D eigenvalue weighted by Gasteiger charge is 2.24. The third kappa shape index (κ3) is 4.51. The van der Waals surface area contributed by atoms with E-state index in [4.69, 9.17) is 9.97 Å². The molecule has 0 atom stereocenters. The molecule has 1 aromatic carbocycles. The molecular weight excluding hydrogens is 348 g/mol. The Morgan fingerprint density at radius 2 is 1.68 bits per heavy atom. The van der Waals surface area contributed by atoms with E-state index in [2.05, 4.69) is 56.9 Å². The molecule has 0 N–H and O–H groups in total. The number of piperazine rings is 1. The number of anilines is 1. The highest BCUT2D eigenvalue weighted by Crippen LogP contribution is 2.27. The molecule has 1 aliphatic rings. The van der Waals surface area contributed by atoms with Gasteiger partial charge >= 0.3 is 0 Å². The van der Waals surface area contributed by atoms with Crippen LogP contribution in [0, 0.1) is 13.8 Å². The maximum absolute atomic E-state index is 12.3. The van der Waals surface area contributed by atoms with Crippen molar-refractivity contribution >= 4 is 11.7 Å². The summed E-state index contributed by atoms with van der Waals surface area (Å²) in [5, 5.41) is 0. The van der Waals surface area contributed by atoms with Crippen LogP contribution in [0.4, 0.5) is 5.82 Å². The Labute approximate surface area is 168 Å². The predicted octanol–water partition coefficient (Wildman–Crippen LogP) is 4.16. The van der Waals surface area contributed by atoms with Gasteiger partial charge in [-0.15, -0.1) is 0 Å². The summed E-state index contributed by atoms with van der Waals surface area (Å²) in [6, 6.07) is 8.37. The summed E-state index contributed by atoms with van der Waals surface area (Å²) in [7, 11) is 0. The van der Waals surface area contributed by atoms with Crippen molar-refractivity contribution in [1.29, 1.82) is 0 Å². The molecule has 0 aliphatic carbocycles. The Balaban J connectivity index is 1.81. The van der Waals surface area contributed by atoms with Gasteiger partial charge in [-0.3, -0.25) is 4.79 Å². The lowest BCUT2D eigenvalue weighted by atomic mass is 10.1. The van der Waals surface area contributed by atoms with Crippen LogP contribution in [-0.2, 0) is 11.2 Å². The number of rotatable bonds is 6. The number of carbonyl (C=O) groups excluding carboxylic acids is 1. The smallest absolute Gasteiger partial charge is 0.222 e. The fraction of sp³-hybridized carbons (Fsp3) is 0.522. The highest BCUT2D eigenvalue weighted by atomic mass is 16.2. The molecule has 3 rings (SSSR count). The summed E-state index contributed by atoms with van der Waals surface area (Å²) in [5.41, 5.74) is 4.53. The third-order valence-electron chi connectivity index (χ3n) is 5.53. The maximum Gasteiger partial charge on any atom is 0.222 e. The fourth-order valence-electron chi connectivity index (χ4n) is 3.74. The molecule has 150 valence electrons. The van der Waals surface area contributed by atoms with Crippen LogP contribution in [0.5, 0.6) is 0 Å². The van der Waals surface area contributed by atoms with Gasteiger partial charge in [0.05, 0.1) is 0 Å². The molecule has 0 saturated carbocycles. The van der Waals surface area contributed by atoms with E-state index >= 15 is 0 Å². The van der Waals surface area contributed by atoms with Gasteiger partial charge < -0.3 is 9.80 Å². The van der Waals surface area contributed by atoms with Crippen molar-refractivity contribution in [2.45, 2.75) is 53.4 Å². The Hall–Kier alpha value is -2.43. The number of benzene rings is 1. The van der Waals surface area contributed by atoms with Gasteiger partial charge in [0.1, 0.15) is 5.82 Å². The molecular formula is C23H32N4O. The first kappa shape index (κ1) is 20.3. The minimum Gasteiger partial charge on any atom is -0.353 e. The molecule has 1 amide bonds. The minimum absolute atomic E-state index is 0.288. The van der Waals surface area contributed by atoms with Crippen molar-refractivity contribution < 1.29 is 4.79 Å². The minimum atomic E-state index is 0.288. The van der Waals surface area contributed by atoms with Gasteiger partial charge in [-0.1, -0.05) is 50.1 Å². The normalized spacial score (nSPS) is 14.4. The van der Waals surface area contributed by atoms with Gasteiger partial charge in [-0.05, 0) is 26.7 Å². The van der Waals surface area contributed by atoms with E-state index in [0.29, 0.717) is 6.42 Å². The molecule has 5 nitrogen and oxygen atoms in total. The molecule has 2 heterocycles. The quantitative estimate of drug-likeness (QED) is 0.755. The zero-order valence-electron chi connectivity index (χ0n) is 17.7. The number of aromatic nitrogens is 2. The molecule has 1 aliphatic heterocycles.